The number of rotatable bonds is 7. The van der Waals surface area contributed by atoms with Crippen molar-refractivity contribution >= 4 is 11.8 Å². The van der Waals surface area contributed by atoms with Gasteiger partial charge in [-0.25, -0.2) is 9.18 Å². The van der Waals surface area contributed by atoms with Crippen molar-refractivity contribution in [3.63, 3.8) is 0 Å². The predicted molar refractivity (Wildman–Crippen MR) is 146 cm³/mol. The number of amides is 1. The van der Waals surface area contributed by atoms with Gasteiger partial charge in [0.1, 0.15) is 11.7 Å². The quantitative estimate of drug-likeness (QED) is 0.534. The van der Waals surface area contributed by atoms with Crippen molar-refractivity contribution in [1.82, 2.24) is 4.90 Å². The molecule has 2 aliphatic rings. The summed E-state index contributed by atoms with van der Waals surface area (Å²) in [5.41, 5.74) is 1.20. The van der Waals surface area contributed by atoms with Crippen LogP contribution in [0.1, 0.15) is 44.7 Å². The molecule has 2 aliphatic heterocycles. The number of hydrogen-bond donors (Lipinski definition) is 1. The Kier molecular flexibility index (Phi) is 9.19. The third-order valence-corrected chi connectivity index (χ3v) is 7.26. The average Bonchev–Trinajstić information content (AvgIpc) is 2.92. The largest absolute Gasteiger partial charge is 0.494 e. The van der Waals surface area contributed by atoms with Crippen LogP contribution in [0.5, 0.6) is 5.75 Å². The third kappa shape index (κ3) is 7.42. The number of ether oxygens (including phenoxy) is 4. The molecular weight excluding hydrogens is 517 g/mol. The molecule has 0 radical (unpaired) electrons. The summed E-state index contributed by atoms with van der Waals surface area (Å²) in [6, 6.07) is 13.8. The van der Waals surface area contributed by atoms with Crippen molar-refractivity contribution in [2.45, 2.75) is 58.2 Å². The molecule has 10 heteroatoms. The first-order chi connectivity index (χ1) is 19.0. The molecule has 40 heavy (non-hydrogen) atoms. The normalized spacial score (nSPS) is 18.2. The van der Waals surface area contributed by atoms with Crippen molar-refractivity contribution in [3.8, 4) is 11.8 Å². The summed E-state index contributed by atoms with van der Waals surface area (Å²) in [7, 11) is 1.41. The SMILES string of the molecule is COc1ccc(CN(CC(O)C2OCC3(CCN(C(=O)OC(C)(C)C)CC3)CO2)c2ccc(C#N)cc2)cc1F. The molecule has 2 saturated heterocycles. The number of benzene rings is 2. The standard InChI is InChI=1S/C30H38FN3O6/c1-29(2,3)40-28(36)33-13-11-30(12-14-33)19-38-27(39-20-30)25(35)18-34(23-8-5-21(16-32)6-9-23)17-22-7-10-26(37-4)24(31)15-22/h5-10,15,25,27,35H,11-14,17-20H2,1-4H3. The van der Waals surface area contributed by atoms with Gasteiger partial charge in [0.05, 0.1) is 32.0 Å². The average molecular weight is 556 g/mol. The number of aliphatic hydroxyl groups excluding tert-OH is 1. The molecule has 0 saturated carbocycles. The highest BCUT2D eigenvalue weighted by atomic mass is 19.1. The minimum absolute atomic E-state index is 0.156. The van der Waals surface area contributed by atoms with E-state index in [1.165, 1.54) is 13.2 Å². The smallest absolute Gasteiger partial charge is 0.410 e. The van der Waals surface area contributed by atoms with E-state index in [4.69, 9.17) is 18.9 Å². The predicted octanol–water partition coefficient (Wildman–Crippen LogP) is 4.46. The highest BCUT2D eigenvalue weighted by Crippen LogP contribution is 2.37. The number of halogens is 1. The maximum Gasteiger partial charge on any atom is 0.410 e. The number of nitriles is 1. The van der Waals surface area contributed by atoms with Crippen molar-refractivity contribution in [3.05, 3.63) is 59.4 Å². The van der Waals surface area contributed by atoms with Crippen molar-refractivity contribution < 1.29 is 33.2 Å². The molecule has 0 bridgehead atoms. The van der Waals surface area contributed by atoms with E-state index in [2.05, 4.69) is 6.07 Å². The van der Waals surface area contributed by atoms with Crippen molar-refractivity contribution in [1.29, 1.82) is 5.26 Å². The zero-order chi connectivity index (χ0) is 28.9. The molecule has 2 aromatic carbocycles. The van der Waals surface area contributed by atoms with E-state index >= 15 is 0 Å². The Morgan fingerprint density at radius 3 is 2.40 bits per heavy atom. The Bertz CT molecular complexity index is 1190. The van der Waals surface area contributed by atoms with Gasteiger partial charge in [-0.05, 0) is 75.6 Å². The first-order valence-corrected chi connectivity index (χ1v) is 13.5. The molecule has 2 heterocycles. The van der Waals surface area contributed by atoms with Crippen molar-refractivity contribution in [2.24, 2.45) is 5.41 Å². The van der Waals surface area contributed by atoms with Gasteiger partial charge < -0.3 is 33.9 Å². The number of methoxy groups -OCH3 is 1. The lowest BCUT2D eigenvalue weighted by molar-refractivity contribution is -0.266. The highest BCUT2D eigenvalue weighted by Gasteiger charge is 2.43. The van der Waals surface area contributed by atoms with Crippen LogP contribution in [-0.2, 0) is 20.8 Å². The first kappa shape index (κ1) is 29.6. The summed E-state index contributed by atoms with van der Waals surface area (Å²) in [5, 5.41) is 20.3. The summed E-state index contributed by atoms with van der Waals surface area (Å²) in [5.74, 6) is -0.314. The number of carbonyl (C=O) groups excluding carboxylic acids is 1. The Labute approximate surface area is 235 Å². The number of anilines is 1. The fourth-order valence-electron chi connectivity index (χ4n) is 4.96. The molecule has 4 rings (SSSR count). The van der Waals surface area contributed by atoms with E-state index in [1.54, 1.807) is 41.3 Å². The van der Waals surface area contributed by atoms with Crippen LogP contribution in [-0.4, -0.2) is 74.1 Å². The summed E-state index contributed by atoms with van der Waals surface area (Å²) < 4.78 is 36.9. The molecule has 2 fully saturated rings. The Balaban J connectivity index is 1.37. The van der Waals surface area contributed by atoms with E-state index in [1.807, 2.05) is 25.7 Å². The second-order valence-electron chi connectivity index (χ2n) is 11.5. The number of hydrogen-bond acceptors (Lipinski definition) is 8. The molecular formula is C30H38FN3O6. The van der Waals surface area contributed by atoms with E-state index < -0.39 is 23.8 Å². The number of aliphatic hydroxyl groups is 1. The van der Waals surface area contributed by atoms with Crippen LogP contribution >= 0.6 is 0 Å². The van der Waals surface area contributed by atoms with Crippen LogP contribution in [0, 0.1) is 22.6 Å². The molecule has 1 atom stereocenters. The fraction of sp³-hybridized carbons (Fsp3) is 0.533. The molecule has 0 aliphatic carbocycles. The van der Waals surface area contributed by atoms with E-state index in [9.17, 15) is 19.6 Å². The maximum absolute atomic E-state index is 14.4. The van der Waals surface area contributed by atoms with Gasteiger partial charge in [-0.15, -0.1) is 0 Å². The molecule has 1 N–H and O–H groups in total. The minimum Gasteiger partial charge on any atom is -0.494 e. The van der Waals surface area contributed by atoms with Crippen LogP contribution in [0.15, 0.2) is 42.5 Å². The van der Waals surface area contributed by atoms with E-state index in [0.29, 0.717) is 44.0 Å². The van der Waals surface area contributed by atoms with Gasteiger partial charge in [0.2, 0.25) is 0 Å². The van der Waals surface area contributed by atoms with E-state index in [0.717, 1.165) is 18.5 Å². The summed E-state index contributed by atoms with van der Waals surface area (Å²) in [6.07, 6.45) is -0.695. The number of likely N-dealkylation sites (tertiary alicyclic amines) is 1. The maximum atomic E-state index is 14.4. The fourth-order valence-corrected chi connectivity index (χ4v) is 4.96. The van der Waals surface area contributed by atoms with Gasteiger partial charge in [0.25, 0.3) is 0 Å². The monoisotopic (exact) mass is 555 g/mol. The van der Waals surface area contributed by atoms with Gasteiger partial charge in [-0.2, -0.15) is 5.26 Å². The molecule has 1 unspecified atom stereocenters. The van der Waals surface area contributed by atoms with Crippen LogP contribution in [0.4, 0.5) is 14.9 Å². The number of carbonyl (C=O) groups is 1. The number of piperidine rings is 1. The molecule has 216 valence electrons. The Hall–Kier alpha value is -3.39. The molecule has 1 spiro atoms. The van der Waals surface area contributed by atoms with Gasteiger partial charge >= 0.3 is 6.09 Å². The highest BCUT2D eigenvalue weighted by molar-refractivity contribution is 5.68. The zero-order valence-electron chi connectivity index (χ0n) is 23.6. The third-order valence-electron chi connectivity index (χ3n) is 7.26. The van der Waals surface area contributed by atoms with Crippen LogP contribution in [0.3, 0.4) is 0 Å². The first-order valence-electron chi connectivity index (χ1n) is 13.5. The van der Waals surface area contributed by atoms with Gasteiger partial charge in [-0.3, -0.25) is 0 Å². The molecule has 9 nitrogen and oxygen atoms in total. The summed E-state index contributed by atoms with van der Waals surface area (Å²) in [4.78, 5) is 16.0. The Morgan fingerprint density at radius 2 is 1.85 bits per heavy atom. The minimum atomic E-state index is -0.988. The second kappa shape index (κ2) is 12.4. The van der Waals surface area contributed by atoms with Crippen molar-refractivity contribution in [2.75, 3.05) is 44.9 Å². The lowest BCUT2D eigenvalue weighted by atomic mass is 9.79. The van der Waals surface area contributed by atoms with E-state index in [-0.39, 0.29) is 23.8 Å². The topological polar surface area (TPSA) is 104 Å². The summed E-state index contributed by atoms with van der Waals surface area (Å²) in [6.45, 7) is 7.95. The Morgan fingerprint density at radius 1 is 1.20 bits per heavy atom. The lowest BCUT2D eigenvalue weighted by Gasteiger charge is -2.46. The lowest BCUT2D eigenvalue weighted by Crippen LogP contribution is -2.54. The van der Waals surface area contributed by atoms with Crippen LogP contribution in [0.25, 0.3) is 0 Å². The summed E-state index contributed by atoms with van der Waals surface area (Å²) >= 11 is 0. The van der Waals surface area contributed by atoms with Gasteiger partial charge in [0.15, 0.2) is 17.9 Å². The van der Waals surface area contributed by atoms with Crippen LogP contribution in [0.2, 0.25) is 0 Å². The van der Waals surface area contributed by atoms with Gasteiger partial charge in [-0.1, -0.05) is 6.07 Å². The zero-order valence-corrected chi connectivity index (χ0v) is 23.6. The van der Waals surface area contributed by atoms with Gasteiger partial charge in [0, 0.05) is 37.3 Å². The second-order valence-corrected chi connectivity index (χ2v) is 11.5. The molecule has 0 aromatic heterocycles. The molecule has 1 amide bonds. The van der Waals surface area contributed by atoms with Crippen LogP contribution < -0.4 is 9.64 Å². The number of nitrogens with zero attached hydrogens (tertiary/aromatic N) is 3. The molecule has 2 aromatic rings.